The van der Waals surface area contributed by atoms with Gasteiger partial charge in [-0.05, 0) is 68.0 Å². The van der Waals surface area contributed by atoms with E-state index in [1.54, 1.807) is 17.0 Å². The van der Waals surface area contributed by atoms with E-state index in [4.69, 9.17) is 11.6 Å². The number of halogens is 1. The number of hydrogen-bond acceptors (Lipinski definition) is 3. The Morgan fingerprint density at radius 1 is 0.964 bits per heavy atom. The molecule has 2 aliphatic rings. The van der Waals surface area contributed by atoms with Crippen molar-refractivity contribution in [2.45, 2.75) is 43.0 Å². The molecule has 0 aliphatic carbocycles. The third-order valence-electron chi connectivity index (χ3n) is 5.54. The lowest BCUT2D eigenvalue weighted by Crippen LogP contribution is -2.48. The van der Waals surface area contributed by atoms with Gasteiger partial charge in [0.15, 0.2) is 0 Å². The lowest BCUT2D eigenvalue weighted by atomic mass is 10.1. The molecule has 0 N–H and O–H groups in total. The summed E-state index contributed by atoms with van der Waals surface area (Å²) < 4.78 is 27.7. The Bertz CT molecular complexity index is 975. The maximum atomic E-state index is 13.5. The molecule has 2 aromatic carbocycles. The molecule has 2 heterocycles. The minimum Gasteiger partial charge on any atom is -0.311 e. The van der Waals surface area contributed by atoms with E-state index in [0.717, 1.165) is 30.5 Å². The molecule has 2 aliphatic heterocycles. The van der Waals surface area contributed by atoms with Gasteiger partial charge in [0.1, 0.15) is 6.04 Å². The van der Waals surface area contributed by atoms with Crippen LogP contribution in [0.4, 0.5) is 5.69 Å². The van der Waals surface area contributed by atoms with Crippen molar-refractivity contribution in [2.75, 3.05) is 18.0 Å². The van der Waals surface area contributed by atoms with Crippen LogP contribution in [0.15, 0.2) is 53.4 Å². The number of hydrogen-bond donors (Lipinski definition) is 0. The van der Waals surface area contributed by atoms with Crippen LogP contribution in [-0.4, -0.2) is 37.8 Å². The Balaban J connectivity index is 1.65. The van der Waals surface area contributed by atoms with Gasteiger partial charge in [0.05, 0.1) is 4.90 Å². The van der Waals surface area contributed by atoms with Crippen LogP contribution in [0.5, 0.6) is 0 Å². The third-order valence-corrected chi connectivity index (χ3v) is 7.71. The molecular formula is C21H23ClN2O3S. The number of nitrogens with zero attached hydrogens (tertiary/aromatic N) is 2. The lowest BCUT2D eigenvalue weighted by Gasteiger charge is -2.30. The number of rotatable bonds is 3. The lowest BCUT2D eigenvalue weighted by molar-refractivity contribution is -0.121. The monoisotopic (exact) mass is 418 g/mol. The van der Waals surface area contributed by atoms with E-state index in [-0.39, 0.29) is 10.8 Å². The van der Waals surface area contributed by atoms with Crippen LogP contribution in [0.1, 0.15) is 31.2 Å². The van der Waals surface area contributed by atoms with Crippen LogP contribution in [-0.2, 0) is 21.2 Å². The Morgan fingerprint density at radius 2 is 1.71 bits per heavy atom. The van der Waals surface area contributed by atoms with Crippen molar-refractivity contribution in [1.29, 1.82) is 0 Å². The second-order valence-corrected chi connectivity index (χ2v) is 9.63. The normalized spacial score (nSPS) is 20.6. The molecule has 5 nitrogen and oxygen atoms in total. The summed E-state index contributed by atoms with van der Waals surface area (Å²) in [5, 5.41) is 0.481. The van der Waals surface area contributed by atoms with Gasteiger partial charge in [0, 0.05) is 23.8 Å². The van der Waals surface area contributed by atoms with Crippen LogP contribution in [0.25, 0.3) is 0 Å². The second-order valence-electron chi connectivity index (χ2n) is 7.30. The largest absolute Gasteiger partial charge is 0.311 e. The molecule has 1 unspecified atom stereocenters. The average molecular weight is 419 g/mol. The third kappa shape index (κ3) is 3.56. The molecule has 1 amide bonds. The number of fused-ring (bicyclic) bond motifs is 1. The van der Waals surface area contributed by atoms with Crippen molar-refractivity contribution < 1.29 is 13.2 Å². The van der Waals surface area contributed by atoms with E-state index in [9.17, 15) is 13.2 Å². The van der Waals surface area contributed by atoms with Crippen molar-refractivity contribution in [3.63, 3.8) is 0 Å². The SMILES string of the molecule is O=C(C1CCCN1S(=O)(=O)c1ccc(Cl)cc1)N1CCCCc2ccccc21. The minimum absolute atomic E-state index is 0.121. The van der Waals surface area contributed by atoms with Crippen molar-refractivity contribution in [1.82, 2.24) is 4.31 Å². The van der Waals surface area contributed by atoms with Gasteiger partial charge >= 0.3 is 0 Å². The van der Waals surface area contributed by atoms with Gasteiger partial charge in [-0.15, -0.1) is 0 Å². The molecule has 0 bridgehead atoms. The van der Waals surface area contributed by atoms with Crippen LogP contribution < -0.4 is 4.90 Å². The number of carbonyl (C=O) groups excluding carboxylic acids is 1. The van der Waals surface area contributed by atoms with E-state index in [1.165, 1.54) is 16.4 Å². The van der Waals surface area contributed by atoms with Crippen LogP contribution in [0, 0.1) is 0 Å². The molecule has 28 heavy (non-hydrogen) atoms. The molecule has 0 spiro atoms. The first kappa shape index (κ1) is 19.4. The Hall–Kier alpha value is -1.89. The standard InChI is InChI=1S/C21H23ClN2O3S/c22-17-10-12-18(13-11-17)28(26,27)24-15-5-9-20(24)21(25)23-14-4-3-7-16-6-1-2-8-19(16)23/h1-2,6,8,10-13,20H,3-5,7,9,14-15H2. The van der Waals surface area contributed by atoms with Gasteiger partial charge in [-0.3, -0.25) is 4.79 Å². The van der Waals surface area contributed by atoms with Gasteiger partial charge in [-0.1, -0.05) is 29.8 Å². The summed E-state index contributed by atoms with van der Waals surface area (Å²) in [4.78, 5) is 15.4. The second kappa shape index (κ2) is 7.85. The van der Waals surface area contributed by atoms with Crippen molar-refractivity contribution >= 4 is 33.2 Å². The zero-order valence-electron chi connectivity index (χ0n) is 15.6. The highest BCUT2D eigenvalue weighted by Gasteiger charge is 2.41. The predicted molar refractivity (Wildman–Crippen MR) is 110 cm³/mol. The van der Waals surface area contributed by atoms with Crippen LogP contribution in [0.2, 0.25) is 5.02 Å². The van der Waals surface area contributed by atoms with Gasteiger partial charge in [-0.2, -0.15) is 4.31 Å². The summed E-state index contributed by atoms with van der Waals surface area (Å²) in [7, 11) is -3.75. The van der Waals surface area contributed by atoms with E-state index in [0.29, 0.717) is 31.0 Å². The fourth-order valence-corrected chi connectivity index (χ4v) is 5.89. The molecule has 1 saturated heterocycles. The van der Waals surface area contributed by atoms with Crippen molar-refractivity contribution in [3.05, 3.63) is 59.1 Å². The highest BCUT2D eigenvalue weighted by molar-refractivity contribution is 7.89. The molecule has 0 aromatic heterocycles. The fraction of sp³-hybridized carbons (Fsp3) is 0.381. The molecule has 7 heteroatoms. The summed E-state index contributed by atoms with van der Waals surface area (Å²) in [6, 6.07) is 13.4. The van der Waals surface area contributed by atoms with Crippen molar-refractivity contribution in [3.8, 4) is 0 Å². The number of benzene rings is 2. The Kier molecular flexibility index (Phi) is 5.45. The van der Waals surface area contributed by atoms with Gasteiger partial charge < -0.3 is 4.90 Å². The Morgan fingerprint density at radius 3 is 2.50 bits per heavy atom. The topological polar surface area (TPSA) is 57.7 Å². The minimum atomic E-state index is -3.75. The van der Waals surface area contributed by atoms with E-state index >= 15 is 0 Å². The molecule has 4 rings (SSSR count). The highest BCUT2D eigenvalue weighted by atomic mass is 35.5. The highest BCUT2D eigenvalue weighted by Crippen LogP contribution is 2.32. The number of sulfonamides is 1. The zero-order chi connectivity index (χ0) is 19.7. The maximum absolute atomic E-state index is 13.5. The average Bonchev–Trinajstić information content (AvgIpc) is 3.10. The Labute approximate surface area is 171 Å². The molecule has 0 saturated carbocycles. The molecule has 148 valence electrons. The molecule has 2 aromatic rings. The number of aryl methyl sites for hydroxylation is 1. The molecule has 1 fully saturated rings. The van der Waals surface area contributed by atoms with Gasteiger partial charge in [0.2, 0.25) is 15.9 Å². The van der Waals surface area contributed by atoms with E-state index in [2.05, 4.69) is 6.07 Å². The maximum Gasteiger partial charge on any atom is 0.245 e. The first-order valence-corrected chi connectivity index (χ1v) is 11.5. The first-order valence-electron chi connectivity index (χ1n) is 9.65. The number of anilines is 1. The van der Waals surface area contributed by atoms with Crippen molar-refractivity contribution in [2.24, 2.45) is 0 Å². The van der Waals surface area contributed by atoms with E-state index in [1.807, 2.05) is 18.2 Å². The van der Waals surface area contributed by atoms with Crippen LogP contribution >= 0.6 is 11.6 Å². The number of amides is 1. The summed E-state index contributed by atoms with van der Waals surface area (Å²) in [5.74, 6) is -0.121. The summed E-state index contributed by atoms with van der Waals surface area (Å²) in [5.41, 5.74) is 2.07. The smallest absolute Gasteiger partial charge is 0.245 e. The summed E-state index contributed by atoms with van der Waals surface area (Å²) in [6.07, 6.45) is 4.11. The van der Waals surface area contributed by atoms with Gasteiger partial charge in [0.25, 0.3) is 0 Å². The summed E-state index contributed by atoms with van der Waals surface area (Å²) >= 11 is 5.90. The quantitative estimate of drug-likeness (QED) is 0.760. The number of para-hydroxylation sites is 1. The first-order chi connectivity index (χ1) is 13.5. The fourth-order valence-electron chi connectivity index (χ4n) is 4.12. The molecular weight excluding hydrogens is 396 g/mol. The number of carbonyl (C=O) groups is 1. The zero-order valence-corrected chi connectivity index (χ0v) is 17.1. The predicted octanol–water partition coefficient (Wildman–Crippen LogP) is 3.86. The summed E-state index contributed by atoms with van der Waals surface area (Å²) in [6.45, 7) is 0.984. The van der Waals surface area contributed by atoms with E-state index < -0.39 is 16.1 Å². The van der Waals surface area contributed by atoms with Gasteiger partial charge in [-0.25, -0.2) is 8.42 Å². The van der Waals surface area contributed by atoms with Crippen LogP contribution in [0.3, 0.4) is 0 Å². The molecule has 1 atom stereocenters. The molecule has 0 radical (unpaired) electrons.